The van der Waals surface area contributed by atoms with Crippen molar-refractivity contribution in [3.8, 4) is 11.8 Å². The topological polar surface area (TPSA) is 53.3 Å². The van der Waals surface area contributed by atoms with Gasteiger partial charge in [-0.05, 0) is 49.4 Å². The maximum Gasteiger partial charge on any atom is 0.573 e. The van der Waals surface area contributed by atoms with Crippen LogP contribution in [-0.4, -0.2) is 18.8 Å². The molecule has 3 rings (SSSR count). The van der Waals surface area contributed by atoms with Crippen molar-refractivity contribution < 1.29 is 22.7 Å². The monoisotopic (exact) mass is 338 g/mol. The molecule has 7 heteroatoms. The number of hydrogen-bond acceptors (Lipinski definition) is 3. The molecule has 1 aromatic rings. The summed E-state index contributed by atoms with van der Waals surface area (Å²) in [5.74, 6) is -0.514. The van der Waals surface area contributed by atoms with E-state index in [1.165, 1.54) is 18.2 Å². The third kappa shape index (κ3) is 3.05. The van der Waals surface area contributed by atoms with Crippen LogP contribution in [0.2, 0.25) is 0 Å². The maximum atomic E-state index is 12.9. The van der Waals surface area contributed by atoms with E-state index in [1.54, 1.807) is 4.90 Å². The molecule has 0 spiro atoms. The lowest BCUT2D eigenvalue weighted by molar-refractivity contribution is -0.274. The molecule has 0 unspecified atom stereocenters. The number of fused-ring (bicyclic) bond motifs is 1. The third-order valence-corrected chi connectivity index (χ3v) is 4.73. The zero-order valence-electron chi connectivity index (χ0n) is 13.0. The van der Waals surface area contributed by atoms with Gasteiger partial charge in [0.1, 0.15) is 11.2 Å². The molecule has 0 radical (unpaired) electrons. The van der Waals surface area contributed by atoms with Crippen LogP contribution in [0.5, 0.6) is 5.75 Å². The Balaban J connectivity index is 1.89. The Hall–Kier alpha value is -2.23. The van der Waals surface area contributed by atoms with Crippen LogP contribution in [0.15, 0.2) is 18.2 Å². The first kappa shape index (κ1) is 16.6. The lowest BCUT2D eigenvalue weighted by Crippen LogP contribution is -2.44. The lowest BCUT2D eigenvalue weighted by atomic mass is 9.85. The smallest absolute Gasteiger partial charge is 0.406 e. The fourth-order valence-corrected chi connectivity index (χ4v) is 3.59. The molecule has 128 valence electrons. The summed E-state index contributed by atoms with van der Waals surface area (Å²) in [5, 5.41) is 9.49. The van der Waals surface area contributed by atoms with E-state index in [0.717, 1.165) is 12.8 Å². The van der Waals surface area contributed by atoms with Gasteiger partial charge in [0.05, 0.1) is 6.07 Å². The number of rotatable bonds is 2. The summed E-state index contributed by atoms with van der Waals surface area (Å²) in [6.45, 7) is 0.481. The highest BCUT2D eigenvalue weighted by Crippen LogP contribution is 2.42. The summed E-state index contributed by atoms with van der Waals surface area (Å²) in [7, 11) is 0. The number of nitrogens with zero attached hydrogens (tertiary/aromatic N) is 2. The van der Waals surface area contributed by atoms with Gasteiger partial charge in [0.25, 0.3) is 0 Å². The Labute approximate surface area is 137 Å². The van der Waals surface area contributed by atoms with E-state index >= 15 is 0 Å². The number of halogens is 3. The normalized spacial score (nSPS) is 19.5. The van der Waals surface area contributed by atoms with Crippen LogP contribution in [-0.2, 0) is 11.2 Å². The largest absolute Gasteiger partial charge is 0.573 e. The number of alkyl halides is 3. The van der Waals surface area contributed by atoms with Gasteiger partial charge in [0.2, 0.25) is 5.91 Å². The molecule has 0 aromatic heterocycles. The number of hydrogen-bond donors (Lipinski definition) is 0. The number of nitriles is 1. The molecule has 1 aromatic carbocycles. The Morgan fingerprint density at radius 2 is 1.96 bits per heavy atom. The molecule has 1 heterocycles. The second-order valence-corrected chi connectivity index (χ2v) is 6.30. The summed E-state index contributed by atoms with van der Waals surface area (Å²) >= 11 is 0. The molecule has 1 saturated carbocycles. The predicted molar refractivity (Wildman–Crippen MR) is 80.3 cm³/mol. The van der Waals surface area contributed by atoms with Gasteiger partial charge < -0.3 is 9.64 Å². The summed E-state index contributed by atoms with van der Waals surface area (Å²) in [6, 6.07) is 6.21. The second kappa shape index (κ2) is 6.00. The first-order valence-electron chi connectivity index (χ1n) is 7.97. The molecule has 1 aliphatic heterocycles. The summed E-state index contributed by atoms with van der Waals surface area (Å²) in [6.07, 6.45) is -0.736. The van der Waals surface area contributed by atoms with Crippen molar-refractivity contribution in [1.82, 2.24) is 0 Å². The molecule has 0 bridgehead atoms. The molecule has 0 atom stereocenters. The summed E-state index contributed by atoms with van der Waals surface area (Å²) < 4.78 is 41.0. The molecule has 0 saturated heterocycles. The first-order valence-corrected chi connectivity index (χ1v) is 7.97. The van der Waals surface area contributed by atoms with Crippen molar-refractivity contribution in [2.24, 2.45) is 5.41 Å². The molecule has 0 N–H and O–H groups in total. The molecular formula is C17H17F3N2O2. The molecule has 24 heavy (non-hydrogen) atoms. The van der Waals surface area contributed by atoms with Gasteiger partial charge in [-0.1, -0.05) is 12.8 Å². The van der Waals surface area contributed by atoms with E-state index in [4.69, 9.17) is 0 Å². The Bertz CT molecular complexity index is 688. The van der Waals surface area contributed by atoms with Gasteiger partial charge >= 0.3 is 6.36 Å². The summed E-state index contributed by atoms with van der Waals surface area (Å²) in [4.78, 5) is 14.5. The average molecular weight is 338 g/mol. The van der Waals surface area contributed by atoms with Crippen LogP contribution in [0.4, 0.5) is 18.9 Å². The molecule has 2 aliphatic rings. The highest BCUT2D eigenvalue weighted by Gasteiger charge is 2.45. The van der Waals surface area contributed by atoms with Crippen LogP contribution in [0.3, 0.4) is 0 Å². The van der Waals surface area contributed by atoms with Gasteiger partial charge in [-0.2, -0.15) is 5.26 Å². The molecule has 1 aliphatic carbocycles. The van der Waals surface area contributed by atoms with E-state index < -0.39 is 11.8 Å². The van der Waals surface area contributed by atoms with Crippen molar-refractivity contribution in [1.29, 1.82) is 5.26 Å². The number of ether oxygens (including phenoxy) is 1. The minimum absolute atomic E-state index is 0.229. The van der Waals surface area contributed by atoms with Crippen molar-refractivity contribution in [2.75, 3.05) is 11.4 Å². The van der Waals surface area contributed by atoms with Gasteiger partial charge in [-0.3, -0.25) is 4.79 Å². The van der Waals surface area contributed by atoms with E-state index in [1.807, 2.05) is 0 Å². The lowest BCUT2D eigenvalue weighted by Gasteiger charge is -2.34. The summed E-state index contributed by atoms with van der Waals surface area (Å²) in [5.41, 5.74) is 0.236. The van der Waals surface area contributed by atoms with E-state index in [9.17, 15) is 23.2 Å². The standard InChI is InChI=1S/C17H17F3N2O2/c18-17(19,20)24-13-5-6-14-12(10-13)4-3-9-22(14)15(23)16(11-21)7-1-2-8-16/h5-6,10H,1-4,7-9H2. The zero-order chi connectivity index (χ0) is 17.4. The third-order valence-electron chi connectivity index (χ3n) is 4.73. The van der Waals surface area contributed by atoms with Gasteiger partial charge in [-0.15, -0.1) is 13.2 Å². The predicted octanol–water partition coefficient (Wildman–Crippen LogP) is 3.95. The van der Waals surface area contributed by atoms with Crippen molar-refractivity contribution in [2.45, 2.75) is 44.9 Å². The molecular weight excluding hydrogens is 321 g/mol. The number of anilines is 1. The van der Waals surface area contributed by atoms with Crippen LogP contribution >= 0.6 is 0 Å². The number of amides is 1. The quantitative estimate of drug-likeness (QED) is 0.820. The van der Waals surface area contributed by atoms with Gasteiger partial charge in [0.15, 0.2) is 0 Å². The fraction of sp³-hybridized carbons (Fsp3) is 0.529. The molecule has 1 fully saturated rings. The highest BCUT2D eigenvalue weighted by atomic mass is 19.4. The Morgan fingerprint density at radius 1 is 1.25 bits per heavy atom. The highest BCUT2D eigenvalue weighted by molar-refractivity contribution is 6.00. The van der Waals surface area contributed by atoms with Crippen molar-refractivity contribution in [3.63, 3.8) is 0 Å². The van der Waals surface area contributed by atoms with Gasteiger partial charge in [-0.25, -0.2) is 0 Å². The zero-order valence-corrected chi connectivity index (χ0v) is 13.0. The Morgan fingerprint density at radius 3 is 2.58 bits per heavy atom. The minimum Gasteiger partial charge on any atom is -0.406 e. The maximum absolute atomic E-state index is 12.9. The molecule has 1 amide bonds. The van der Waals surface area contributed by atoms with Crippen LogP contribution in [0.25, 0.3) is 0 Å². The fourth-order valence-electron chi connectivity index (χ4n) is 3.59. The van der Waals surface area contributed by atoms with Crippen molar-refractivity contribution >= 4 is 11.6 Å². The van der Waals surface area contributed by atoms with E-state index in [0.29, 0.717) is 43.5 Å². The van der Waals surface area contributed by atoms with E-state index in [2.05, 4.69) is 10.8 Å². The van der Waals surface area contributed by atoms with Crippen LogP contribution in [0, 0.1) is 16.7 Å². The number of carbonyl (C=O) groups excluding carboxylic acids is 1. The van der Waals surface area contributed by atoms with Gasteiger partial charge in [0, 0.05) is 12.2 Å². The SMILES string of the molecule is N#CC1(C(=O)N2CCCc3cc(OC(F)(F)F)ccc32)CCCC1. The van der Waals surface area contributed by atoms with Crippen molar-refractivity contribution in [3.05, 3.63) is 23.8 Å². The first-order chi connectivity index (χ1) is 11.3. The minimum atomic E-state index is -4.74. The Kier molecular flexibility index (Phi) is 4.16. The van der Waals surface area contributed by atoms with E-state index in [-0.39, 0.29) is 11.7 Å². The molecule has 4 nitrogen and oxygen atoms in total. The number of carbonyl (C=O) groups is 1. The van der Waals surface area contributed by atoms with Crippen LogP contribution in [0.1, 0.15) is 37.7 Å². The second-order valence-electron chi connectivity index (χ2n) is 6.30. The van der Waals surface area contributed by atoms with Crippen LogP contribution < -0.4 is 9.64 Å². The number of benzene rings is 1. The number of aryl methyl sites for hydroxylation is 1. The average Bonchev–Trinajstić information content (AvgIpc) is 3.02.